The molecule has 0 aliphatic carbocycles. The molecule has 1 aromatic heterocycles. The molecule has 0 bridgehead atoms. The Balaban J connectivity index is 0.000000357. The number of carbonyl (C=O) groups is 1. The minimum Gasteiger partial charge on any atom is -0.512 e. The van der Waals surface area contributed by atoms with Crippen molar-refractivity contribution in [2.45, 2.75) is 20.8 Å². The Bertz CT molecular complexity index is 1540. The first kappa shape index (κ1) is 25.2. The minimum atomic E-state index is -0.205. The van der Waals surface area contributed by atoms with Crippen LogP contribution in [0.3, 0.4) is 0 Å². The standard InChI is InChI=1S/C24H15FN.C5H8O2.Ir/c1-15-5-6-18-14-19(8-7-17(18)13-15)24-21-10-9-16-3-2-4-22(25)23(16)20(21)11-12-26-24;1-4(6)3-5(2)7;/h2-7,9-14H,1H3;3,6H,1-2H3;/q-1;;/b;4-3-;. The van der Waals surface area contributed by atoms with Crippen LogP contribution in [0.2, 0.25) is 0 Å². The predicted octanol–water partition coefficient (Wildman–Crippen LogP) is 7.49. The van der Waals surface area contributed by atoms with Crippen LogP contribution in [0.5, 0.6) is 0 Å². The molecule has 0 saturated heterocycles. The van der Waals surface area contributed by atoms with E-state index in [4.69, 9.17) is 5.11 Å². The van der Waals surface area contributed by atoms with Gasteiger partial charge in [0.15, 0.2) is 5.78 Å². The molecule has 1 N–H and O–H groups in total. The number of hydrogen-bond donors (Lipinski definition) is 1. The zero-order valence-corrected chi connectivity index (χ0v) is 21.4. The molecule has 0 fully saturated rings. The van der Waals surface area contributed by atoms with Crippen molar-refractivity contribution in [1.29, 1.82) is 0 Å². The molecule has 1 heterocycles. The molecule has 0 amide bonds. The molecule has 0 atom stereocenters. The van der Waals surface area contributed by atoms with Crippen LogP contribution in [-0.4, -0.2) is 15.9 Å². The Morgan fingerprint density at radius 2 is 1.74 bits per heavy atom. The normalized spacial score (nSPS) is 11.1. The Morgan fingerprint density at radius 3 is 2.44 bits per heavy atom. The van der Waals surface area contributed by atoms with Crippen molar-refractivity contribution < 1.29 is 34.4 Å². The van der Waals surface area contributed by atoms with Crippen LogP contribution in [0.25, 0.3) is 43.6 Å². The van der Waals surface area contributed by atoms with Gasteiger partial charge in [0.05, 0.1) is 5.76 Å². The van der Waals surface area contributed by atoms with E-state index >= 15 is 0 Å². The van der Waals surface area contributed by atoms with Crippen LogP contribution in [0, 0.1) is 18.8 Å². The number of rotatable bonds is 2. The van der Waals surface area contributed by atoms with Gasteiger partial charge in [0.1, 0.15) is 5.82 Å². The topological polar surface area (TPSA) is 50.2 Å². The molecule has 3 nitrogen and oxygen atoms in total. The van der Waals surface area contributed by atoms with Crippen molar-refractivity contribution in [3.8, 4) is 11.3 Å². The molecule has 0 saturated carbocycles. The second kappa shape index (κ2) is 10.7. The van der Waals surface area contributed by atoms with Gasteiger partial charge in [0, 0.05) is 37.8 Å². The fourth-order valence-corrected chi connectivity index (χ4v) is 3.95. The number of fused-ring (bicyclic) bond motifs is 4. The fraction of sp³-hybridized carbons (Fsp3) is 0.103. The third-order valence-corrected chi connectivity index (χ3v) is 5.33. The number of nitrogens with zero attached hydrogens (tertiary/aromatic N) is 1. The van der Waals surface area contributed by atoms with E-state index in [-0.39, 0.29) is 37.5 Å². The monoisotopic (exact) mass is 629 g/mol. The molecular formula is C29H23FIrNO2-. The largest absolute Gasteiger partial charge is 0.512 e. The Hall–Kier alpha value is -3.40. The summed E-state index contributed by atoms with van der Waals surface area (Å²) in [7, 11) is 0. The number of pyridine rings is 1. The van der Waals surface area contributed by atoms with E-state index < -0.39 is 0 Å². The first-order chi connectivity index (χ1) is 15.8. The molecule has 5 heteroatoms. The van der Waals surface area contributed by atoms with E-state index in [2.05, 4.69) is 42.2 Å². The van der Waals surface area contributed by atoms with Gasteiger partial charge in [-0.25, -0.2) is 4.39 Å². The third-order valence-electron chi connectivity index (χ3n) is 5.33. The van der Waals surface area contributed by atoms with Crippen LogP contribution in [0.15, 0.2) is 84.8 Å². The van der Waals surface area contributed by atoms with Gasteiger partial charge in [0.2, 0.25) is 0 Å². The molecule has 173 valence electrons. The fourth-order valence-electron chi connectivity index (χ4n) is 3.95. The van der Waals surface area contributed by atoms with E-state index in [1.54, 1.807) is 12.3 Å². The maximum absolute atomic E-state index is 14.5. The van der Waals surface area contributed by atoms with Crippen LogP contribution in [-0.2, 0) is 24.9 Å². The Labute approximate surface area is 211 Å². The number of aliphatic hydroxyl groups excluding tert-OH is 1. The summed E-state index contributed by atoms with van der Waals surface area (Å²) in [5, 5.41) is 14.0. The molecule has 0 spiro atoms. The molecule has 0 aliphatic heterocycles. The number of benzene rings is 4. The SMILES string of the molecule is CC(=O)/C=C(/C)O.Cc1ccc2cc(-c3nccc4c3ccc3cccc(F)c34)[c-]cc2c1.[Ir]. The first-order valence-corrected chi connectivity index (χ1v) is 10.6. The zero-order valence-electron chi connectivity index (χ0n) is 19.0. The number of aromatic nitrogens is 1. The van der Waals surface area contributed by atoms with Gasteiger partial charge in [-0.2, -0.15) is 0 Å². The second-order valence-electron chi connectivity index (χ2n) is 8.03. The minimum absolute atomic E-state index is 0. The smallest absolute Gasteiger partial charge is 0.155 e. The van der Waals surface area contributed by atoms with Crippen molar-refractivity contribution >= 4 is 38.1 Å². The summed E-state index contributed by atoms with van der Waals surface area (Å²) in [5.41, 5.74) is 2.97. The molecule has 5 rings (SSSR count). The van der Waals surface area contributed by atoms with Gasteiger partial charge in [-0.1, -0.05) is 53.4 Å². The van der Waals surface area contributed by atoms with Gasteiger partial charge < -0.3 is 10.1 Å². The summed E-state index contributed by atoms with van der Waals surface area (Å²) < 4.78 is 14.5. The van der Waals surface area contributed by atoms with Crippen molar-refractivity contribution in [1.82, 2.24) is 4.98 Å². The van der Waals surface area contributed by atoms with Gasteiger partial charge in [-0.15, -0.1) is 29.1 Å². The molecule has 1 radical (unpaired) electrons. The predicted molar refractivity (Wildman–Crippen MR) is 133 cm³/mol. The summed E-state index contributed by atoms with van der Waals surface area (Å²) in [6.07, 6.45) is 2.91. The summed E-state index contributed by atoms with van der Waals surface area (Å²) in [5.74, 6) is -0.268. The zero-order chi connectivity index (χ0) is 23.5. The van der Waals surface area contributed by atoms with Crippen LogP contribution in [0.1, 0.15) is 19.4 Å². The summed E-state index contributed by atoms with van der Waals surface area (Å²) in [4.78, 5) is 14.6. The molecule has 4 aromatic carbocycles. The average molecular weight is 629 g/mol. The van der Waals surface area contributed by atoms with Gasteiger partial charge in [0.25, 0.3) is 0 Å². The van der Waals surface area contributed by atoms with Gasteiger partial charge in [-0.05, 0) is 54.8 Å². The number of aryl methyl sites for hydroxylation is 1. The van der Waals surface area contributed by atoms with Crippen molar-refractivity contribution in [2.24, 2.45) is 0 Å². The second-order valence-corrected chi connectivity index (χ2v) is 8.03. The summed E-state index contributed by atoms with van der Waals surface area (Å²) in [6, 6.07) is 24.9. The van der Waals surface area contributed by atoms with Crippen molar-refractivity contribution in [3.63, 3.8) is 0 Å². The molecule has 5 aromatic rings. The van der Waals surface area contributed by atoms with E-state index in [9.17, 15) is 9.18 Å². The van der Waals surface area contributed by atoms with Crippen molar-refractivity contribution in [2.75, 3.05) is 0 Å². The third kappa shape index (κ3) is 5.39. The Morgan fingerprint density at radius 1 is 0.971 bits per heavy atom. The van der Waals surface area contributed by atoms with Crippen LogP contribution < -0.4 is 0 Å². The number of ketones is 1. The quantitative estimate of drug-likeness (QED) is 0.0954. The van der Waals surface area contributed by atoms with Gasteiger partial charge >= 0.3 is 0 Å². The number of hydrogen-bond acceptors (Lipinski definition) is 3. The number of aliphatic hydroxyl groups is 1. The maximum atomic E-state index is 14.5. The summed E-state index contributed by atoms with van der Waals surface area (Å²) in [6.45, 7) is 4.93. The maximum Gasteiger partial charge on any atom is 0.155 e. The number of allylic oxidation sites excluding steroid dienone is 2. The van der Waals surface area contributed by atoms with Gasteiger partial charge in [-0.3, -0.25) is 4.79 Å². The van der Waals surface area contributed by atoms with Crippen LogP contribution >= 0.6 is 0 Å². The van der Waals surface area contributed by atoms with E-state index in [1.807, 2.05) is 30.3 Å². The average Bonchev–Trinajstić information content (AvgIpc) is 2.77. The number of carbonyl (C=O) groups excluding carboxylic acids is 1. The summed E-state index contributed by atoms with van der Waals surface area (Å²) >= 11 is 0. The van der Waals surface area contributed by atoms with E-state index in [0.717, 1.165) is 38.2 Å². The molecule has 34 heavy (non-hydrogen) atoms. The van der Waals surface area contributed by atoms with Crippen LogP contribution in [0.4, 0.5) is 4.39 Å². The molecule has 0 aliphatic rings. The van der Waals surface area contributed by atoms with Crippen molar-refractivity contribution in [3.05, 3.63) is 102 Å². The first-order valence-electron chi connectivity index (χ1n) is 10.6. The number of halogens is 1. The molecule has 0 unspecified atom stereocenters. The van der Waals surface area contributed by atoms with E-state index in [1.165, 1.54) is 31.6 Å². The Kier molecular flexibility index (Phi) is 7.93. The molecular weight excluding hydrogens is 606 g/mol. The van der Waals surface area contributed by atoms with E-state index in [0.29, 0.717) is 5.39 Å².